The zero-order valence-electron chi connectivity index (χ0n) is 17.0. The van der Waals surface area contributed by atoms with E-state index >= 15 is 4.39 Å². The number of halogens is 1. The Morgan fingerprint density at radius 1 is 1.09 bits per heavy atom. The third-order valence-electron chi connectivity index (χ3n) is 4.70. The maximum Gasteiger partial charge on any atom is 0.240 e. The molecule has 0 spiro atoms. The molecule has 2 amide bonds. The fraction of sp³-hybridized carbons (Fsp3) is 0.0870. The van der Waals surface area contributed by atoms with Crippen LogP contribution in [0.3, 0.4) is 0 Å². The third kappa shape index (κ3) is 4.22. The molecule has 4 rings (SSSR count). The van der Waals surface area contributed by atoms with Crippen LogP contribution in [0.5, 0.6) is 17.2 Å². The topological polar surface area (TPSA) is 111 Å². The molecule has 0 unspecified atom stereocenters. The summed E-state index contributed by atoms with van der Waals surface area (Å²) in [7, 11) is 1.49. The van der Waals surface area contributed by atoms with Crippen LogP contribution in [-0.4, -0.2) is 28.9 Å². The van der Waals surface area contributed by atoms with Crippen LogP contribution in [0.1, 0.15) is 6.42 Å². The number of aromatic amines is 1. The molecule has 0 bridgehead atoms. The van der Waals surface area contributed by atoms with Gasteiger partial charge in [-0.1, -0.05) is 6.07 Å². The van der Waals surface area contributed by atoms with Crippen LogP contribution in [0, 0.1) is 5.82 Å². The van der Waals surface area contributed by atoms with Crippen molar-refractivity contribution in [2.75, 3.05) is 12.0 Å². The van der Waals surface area contributed by atoms with Crippen LogP contribution in [0.15, 0.2) is 67.0 Å². The van der Waals surface area contributed by atoms with Crippen LogP contribution in [-0.2, 0) is 9.59 Å². The summed E-state index contributed by atoms with van der Waals surface area (Å²) in [6, 6.07) is 14.1. The number of anilines is 2. The summed E-state index contributed by atoms with van der Waals surface area (Å²) in [6.07, 6.45) is 2.72. The van der Waals surface area contributed by atoms with E-state index in [2.05, 4.69) is 9.97 Å². The molecular weight excluding hydrogens is 415 g/mol. The predicted octanol–water partition coefficient (Wildman–Crippen LogP) is 4.04. The van der Waals surface area contributed by atoms with E-state index in [9.17, 15) is 9.59 Å². The van der Waals surface area contributed by atoms with Crippen molar-refractivity contribution in [2.24, 2.45) is 5.73 Å². The van der Waals surface area contributed by atoms with Crippen molar-refractivity contribution in [3.05, 3.63) is 72.8 Å². The minimum absolute atomic E-state index is 0.0320. The number of nitrogens with one attached hydrogen (secondary N) is 1. The standard InChI is InChI=1S/C23H19FN4O4/c1-31-16-4-2-3-14(11-16)28(22(30)13-21(25)29)15-5-6-20(18(24)12-15)32-19-8-10-27-23-17(19)7-9-26-23/h2-12H,13H2,1H3,(H2,25,29)(H,26,27). The highest BCUT2D eigenvalue weighted by atomic mass is 19.1. The highest BCUT2D eigenvalue weighted by Gasteiger charge is 2.22. The van der Waals surface area contributed by atoms with E-state index in [1.165, 1.54) is 24.1 Å². The van der Waals surface area contributed by atoms with Crippen LogP contribution in [0.4, 0.5) is 15.8 Å². The molecule has 0 radical (unpaired) electrons. The second kappa shape index (κ2) is 8.76. The summed E-state index contributed by atoms with van der Waals surface area (Å²) in [5.41, 5.74) is 6.42. The first kappa shape index (κ1) is 20.9. The molecule has 32 heavy (non-hydrogen) atoms. The van der Waals surface area contributed by atoms with Gasteiger partial charge in [0, 0.05) is 24.5 Å². The number of amides is 2. The van der Waals surface area contributed by atoms with Gasteiger partial charge in [0.15, 0.2) is 11.6 Å². The Labute approximate surface area is 182 Å². The molecule has 2 aromatic heterocycles. The van der Waals surface area contributed by atoms with Crippen molar-refractivity contribution in [1.82, 2.24) is 9.97 Å². The lowest BCUT2D eigenvalue weighted by Gasteiger charge is -2.23. The van der Waals surface area contributed by atoms with Crippen LogP contribution in [0.25, 0.3) is 11.0 Å². The van der Waals surface area contributed by atoms with Gasteiger partial charge in [-0.05, 0) is 36.4 Å². The molecule has 0 saturated heterocycles. The summed E-state index contributed by atoms with van der Waals surface area (Å²) >= 11 is 0. The first-order valence-electron chi connectivity index (χ1n) is 9.61. The van der Waals surface area contributed by atoms with Crippen molar-refractivity contribution >= 4 is 34.2 Å². The SMILES string of the molecule is COc1cccc(N(C(=O)CC(N)=O)c2ccc(Oc3ccnc4[nH]ccc34)c(F)c2)c1. The van der Waals surface area contributed by atoms with Crippen LogP contribution < -0.4 is 20.1 Å². The van der Waals surface area contributed by atoms with Crippen LogP contribution >= 0.6 is 0 Å². The highest BCUT2D eigenvalue weighted by Crippen LogP contribution is 2.34. The predicted molar refractivity (Wildman–Crippen MR) is 117 cm³/mol. The Morgan fingerprint density at radius 3 is 2.66 bits per heavy atom. The molecule has 3 N–H and O–H groups in total. The lowest BCUT2D eigenvalue weighted by atomic mass is 10.2. The maximum atomic E-state index is 15.0. The van der Waals surface area contributed by atoms with Gasteiger partial charge < -0.3 is 20.2 Å². The molecule has 0 aliphatic carbocycles. The van der Waals surface area contributed by atoms with Gasteiger partial charge in [0.05, 0.1) is 23.9 Å². The van der Waals surface area contributed by atoms with Gasteiger partial charge in [0.1, 0.15) is 23.6 Å². The van der Waals surface area contributed by atoms with Gasteiger partial charge in [0.2, 0.25) is 11.8 Å². The summed E-state index contributed by atoms with van der Waals surface area (Å²) in [6.45, 7) is 0. The number of nitrogens with two attached hydrogens (primary N) is 1. The molecular formula is C23H19FN4O4. The average Bonchev–Trinajstić information content (AvgIpc) is 3.25. The zero-order valence-corrected chi connectivity index (χ0v) is 17.0. The first-order chi connectivity index (χ1) is 15.5. The number of hydrogen-bond donors (Lipinski definition) is 2. The van der Waals surface area contributed by atoms with Gasteiger partial charge in [0.25, 0.3) is 0 Å². The monoisotopic (exact) mass is 434 g/mol. The van der Waals surface area contributed by atoms with Gasteiger partial charge >= 0.3 is 0 Å². The quantitative estimate of drug-likeness (QED) is 0.427. The minimum atomic E-state index is -0.795. The Morgan fingerprint density at radius 2 is 1.91 bits per heavy atom. The largest absolute Gasteiger partial charge is 0.497 e. The number of methoxy groups -OCH3 is 1. The summed E-state index contributed by atoms with van der Waals surface area (Å²) in [5, 5.41) is 0.700. The molecule has 162 valence electrons. The van der Waals surface area contributed by atoms with E-state index in [0.29, 0.717) is 28.2 Å². The maximum absolute atomic E-state index is 15.0. The number of primary amides is 1. The normalized spacial score (nSPS) is 10.7. The van der Waals surface area contributed by atoms with Gasteiger partial charge in [-0.3, -0.25) is 14.5 Å². The fourth-order valence-corrected chi connectivity index (χ4v) is 3.27. The average molecular weight is 434 g/mol. The number of hydrogen-bond acceptors (Lipinski definition) is 5. The molecule has 0 aliphatic heterocycles. The smallest absolute Gasteiger partial charge is 0.240 e. The van der Waals surface area contributed by atoms with Crippen molar-refractivity contribution in [3.8, 4) is 17.2 Å². The molecule has 9 heteroatoms. The molecule has 0 saturated carbocycles. The van der Waals surface area contributed by atoms with E-state index in [4.69, 9.17) is 15.2 Å². The van der Waals surface area contributed by atoms with Crippen molar-refractivity contribution < 1.29 is 23.5 Å². The Kier molecular flexibility index (Phi) is 5.71. The number of benzene rings is 2. The Bertz CT molecular complexity index is 1300. The fourth-order valence-electron chi connectivity index (χ4n) is 3.27. The lowest BCUT2D eigenvalue weighted by molar-refractivity contribution is -0.125. The molecule has 0 atom stereocenters. The summed E-state index contributed by atoms with van der Waals surface area (Å²) in [4.78, 5) is 32.5. The molecule has 2 aromatic carbocycles. The number of carbonyl (C=O) groups is 2. The number of ether oxygens (including phenoxy) is 2. The van der Waals surface area contributed by atoms with E-state index in [1.807, 2.05) is 0 Å². The first-order valence-corrected chi connectivity index (χ1v) is 9.61. The summed E-state index contributed by atoms with van der Waals surface area (Å²) in [5.74, 6) is -1.21. The zero-order chi connectivity index (χ0) is 22.7. The molecule has 0 aliphatic rings. The number of pyridine rings is 1. The van der Waals surface area contributed by atoms with Crippen LogP contribution in [0.2, 0.25) is 0 Å². The third-order valence-corrected chi connectivity index (χ3v) is 4.70. The number of fused-ring (bicyclic) bond motifs is 1. The van der Waals surface area contributed by atoms with Crippen molar-refractivity contribution in [1.29, 1.82) is 0 Å². The molecule has 0 fully saturated rings. The highest BCUT2D eigenvalue weighted by molar-refractivity contribution is 6.08. The number of aromatic nitrogens is 2. The van der Waals surface area contributed by atoms with E-state index in [1.54, 1.807) is 48.8 Å². The molecule has 2 heterocycles. The second-order valence-corrected chi connectivity index (χ2v) is 6.84. The number of carbonyl (C=O) groups excluding carboxylic acids is 2. The number of H-pyrrole nitrogens is 1. The lowest BCUT2D eigenvalue weighted by Crippen LogP contribution is -2.30. The van der Waals surface area contributed by atoms with E-state index in [0.717, 1.165) is 6.07 Å². The Balaban J connectivity index is 1.70. The van der Waals surface area contributed by atoms with Crippen molar-refractivity contribution in [2.45, 2.75) is 6.42 Å². The second-order valence-electron chi connectivity index (χ2n) is 6.84. The summed E-state index contributed by atoms with van der Waals surface area (Å²) < 4.78 is 26.0. The van der Waals surface area contributed by atoms with Crippen molar-refractivity contribution in [3.63, 3.8) is 0 Å². The molecule has 4 aromatic rings. The van der Waals surface area contributed by atoms with E-state index < -0.39 is 24.1 Å². The van der Waals surface area contributed by atoms with Gasteiger partial charge in [-0.25, -0.2) is 9.37 Å². The number of nitrogens with zero attached hydrogens (tertiary/aromatic N) is 2. The van der Waals surface area contributed by atoms with Gasteiger partial charge in [-0.15, -0.1) is 0 Å². The Hall–Kier alpha value is -4.40. The number of rotatable bonds is 7. The minimum Gasteiger partial charge on any atom is -0.497 e. The molecule has 8 nitrogen and oxygen atoms in total. The van der Waals surface area contributed by atoms with E-state index in [-0.39, 0.29) is 11.4 Å². The van der Waals surface area contributed by atoms with Gasteiger partial charge in [-0.2, -0.15) is 0 Å².